The molecule has 2 aromatic rings. The zero-order chi connectivity index (χ0) is 18.7. The molecule has 9 heteroatoms. The van der Waals surface area contributed by atoms with Gasteiger partial charge in [-0.15, -0.1) is 0 Å². The minimum Gasteiger partial charge on any atom is -0.450 e. The molecule has 0 radical (unpaired) electrons. The Morgan fingerprint density at radius 3 is 2.69 bits per heavy atom. The lowest BCUT2D eigenvalue weighted by atomic mass is 10.1. The number of carbonyl (C=O) groups excluding carboxylic acids is 1. The molecule has 0 bridgehead atoms. The van der Waals surface area contributed by atoms with Crippen molar-refractivity contribution < 1.29 is 22.4 Å². The van der Waals surface area contributed by atoms with Crippen LogP contribution < -0.4 is 10.9 Å². The van der Waals surface area contributed by atoms with Gasteiger partial charge in [-0.2, -0.15) is 0 Å². The number of anilines is 1. The van der Waals surface area contributed by atoms with E-state index in [1.54, 1.807) is 25.1 Å². The normalized spacial score (nSPS) is 17.1. The van der Waals surface area contributed by atoms with Crippen molar-refractivity contribution in [1.82, 2.24) is 4.90 Å². The molecule has 0 spiro atoms. The zero-order valence-corrected chi connectivity index (χ0v) is 15.2. The maximum Gasteiger partial charge on any atom is 0.411 e. The highest BCUT2D eigenvalue weighted by Gasteiger charge is 2.22. The standard InChI is InChI=1S/C17H20N2O6S/c1-2-24-17(21)18-13-3-4-14-12(9-16(20)25-15(14)10-13)11-19-5-7-26(22,23)8-6-19/h3-4,9-10H,2,5-8,11H2,1H3,(H,18,21). The second-order valence-corrected chi connectivity index (χ2v) is 8.38. The van der Waals surface area contributed by atoms with E-state index in [2.05, 4.69) is 5.32 Å². The van der Waals surface area contributed by atoms with Gasteiger partial charge in [-0.3, -0.25) is 10.2 Å². The summed E-state index contributed by atoms with van der Waals surface area (Å²) in [6, 6.07) is 6.45. The lowest BCUT2D eigenvalue weighted by molar-refractivity contribution is 0.168. The molecule has 0 saturated carbocycles. The van der Waals surface area contributed by atoms with E-state index in [4.69, 9.17) is 9.15 Å². The number of ether oxygens (including phenoxy) is 1. The average Bonchev–Trinajstić information content (AvgIpc) is 2.56. The number of carbonyl (C=O) groups is 1. The van der Waals surface area contributed by atoms with Crippen molar-refractivity contribution in [2.75, 3.05) is 36.5 Å². The monoisotopic (exact) mass is 380 g/mol. The number of benzene rings is 1. The van der Waals surface area contributed by atoms with Crippen molar-refractivity contribution in [3.63, 3.8) is 0 Å². The Morgan fingerprint density at radius 1 is 1.27 bits per heavy atom. The van der Waals surface area contributed by atoms with E-state index in [0.29, 0.717) is 30.9 Å². The molecule has 1 aliphatic rings. The quantitative estimate of drug-likeness (QED) is 0.803. The van der Waals surface area contributed by atoms with Crippen LogP contribution in [0.15, 0.2) is 33.5 Å². The van der Waals surface area contributed by atoms with Crippen LogP contribution in [0.3, 0.4) is 0 Å². The van der Waals surface area contributed by atoms with Crippen molar-refractivity contribution in [3.05, 3.63) is 40.2 Å². The third-order valence-electron chi connectivity index (χ3n) is 4.18. The second-order valence-electron chi connectivity index (χ2n) is 6.08. The summed E-state index contributed by atoms with van der Waals surface area (Å²) in [5, 5.41) is 3.31. The first-order valence-corrected chi connectivity index (χ1v) is 10.1. The van der Waals surface area contributed by atoms with Crippen molar-refractivity contribution in [2.45, 2.75) is 13.5 Å². The van der Waals surface area contributed by atoms with Crippen LogP contribution in [-0.2, 0) is 21.1 Å². The predicted octanol–water partition coefficient (Wildman–Crippen LogP) is 1.59. The number of sulfone groups is 1. The van der Waals surface area contributed by atoms with Gasteiger partial charge in [-0.1, -0.05) is 0 Å². The predicted molar refractivity (Wildman–Crippen MR) is 97.1 cm³/mol. The lowest BCUT2D eigenvalue weighted by Crippen LogP contribution is -2.39. The van der Waals surface area contributed by atoms with Gasteiger partial charge in [-0.25, -0.2) is 18.0 Å². The molecular weight excluding hydrogens is 360 g/mol. The van der Waals surface area contributed by atoms with Crippen molar-refractivity contribution >= 4 is 32.6 Å². The number of hydrogen-bond acceptors (Lipinski definition) is 7. The molecule has 0 aliphatic carbocycles. The summed E-state index contributed by atoms with van der Waals surface area (Å²) in [6.45, 7) is 3.29. The van der Waals surface area contributed by atoms with Crippen LogP contribution in [0.5, 0.6) is 0 Å². The molecule has 1 aromatic carbocycles. The third-order valence-corrected chi connectivity index (χ3v) is 5.79. The Morgan fingerprint density at radius 2 is 2.00 bits per heavy atom. The van der Waals surface area contributed by atoms with E-state index < -0.39 is 21.6 Å². The van der Waals surface area contributed by atoms with Gasteiger partial charge in [0.2, 0.25) is 0 Å². The van der Waals surface area contributed by atoms with Crippen LogP contribution in [0, 0.1) is 0 Å². The summed E-state index contributed by atoms with van der Waals surface area (Å²) in [7, 11) is -2.95. The molecule has 1 saturated heterocycles. The van der Waals surface area contributed by atoms with Gasteiger partial charge >= 0.3 is 11.7 Å². The Labute approximate surface area is 150 Å². The highest BCUT2D eigenvalue weighted by molar-refractivity contribution is 7.91. The first kappa shape index (κ1) is 18.4. The summed E-state index contributed by atoms with van der Waals surface area (Å²) >= 11 is 0. The third kappa shape index (κ3) is 4.41. The molecule has 1 N–H and O–H groups in total. The van der Waals surface area contributed by atoms with E-state index in [1.807, 2.05) is 4.90 Å². The van der Waals surface area contributed by atoms with E-state index >= 15 is 0 Å². The Bertz CT molecular complexity index is 968. The summed E-state index contributed by atoms with van der Waals surface area (Å²) in [4.78, 5) is 25.4. The summed E-state index contributed by atoms with van der Waals surface area (Å²) in [6.07, 6.45) is -0.583. The number of nitrogens with one attached hydrogen (secondary N) is 1. The molecule has 1 aliphatic heterocycles. The van der Waals surface area contributed by atoms with Gasteiger partial charge in [-0.05, 0) is 24.6 Å². The van der Waals surface area contributed by atoms with Crippen LogP contribution in [0.1, 0.15) is 12.5 Å². The highest BCUT2D eigenvalue weighted by atomic mass is 32.2. The molecule has 0 unspecified atom stereocenters. The SMILES string of the molecule is CCOC(=O)Nc1ccc2c(CN3CCS(=O)(=O)CC3)cc(=O)oc2c1. The Balaban J connectivity index is 1.84. The minimum absolute atomic E-state index is 0.125. The largest absolute Gasteiger partial charge is 0.450 e. The molecular formula is C17H20N2O6S. The zero-order valence-electron chi connectivity index (χ0n) is 14.4. The molecule has 26 heavy (non-hydrogen) atoms. The molecule has 0 atom stereocenters. The van der Waals surface area contributed by atoms with Crippen molar-refractivity contribution in [1.29, 1.82) is 0 Å². The van der Waals surface area contributed by atoms with E-state index in [1.165, 1.54) is 6.07 Å². The summed E-state index contributed by atoms with van der Waals surface area (Å²) in [5.41, 5.74) is 1.08. The molecule has 2 heterocycles. The fourth-order valence-electron chi connectivity index (χ4n) is 2.87. The highest BCUT2D eigenvalue weighted by Crippen LogP contribution is 2.23. The Kier molecular flexibility index (Phi) is 5.28. The topological polar surface area (TPSA) is 106 Å². The minimum atomic E-state index is -2.95. The first-order valence-electron chi connectivity index (χ1n) is 8.29. The van der Waals surface area contributed by atoms with Gasteiger partial charge in [0, 0.05) is 42.8 Å². The van der Waals surface area contributed by atoms with Crippen LogP contribution in [-0.4, -0.2) is 50.6 Å². The molecule has 1 aromatic heterocycles. The van der Waals surface area contributed by atoms with E-state index in [-0.39, 0.29) is 18.1 Å². The molecule has 140 valence electrons. The summed E-state index contributed by atoms with van der Waals surface area (Å²) in [5.74, 6) is 0.250. The smallest absolute Gasteiger partial charge is 0.411 e. The Hall–Kier alpha value is -2.39. The van der Waals surface area contributed by atoms with Crippen LogP contribution in [0.25, 0.3) is 11.0 Å². The van der Waals surface area contributed by atoms with E-state index in [0.717, 1.165) is 10.9 Å². The second kappa shape index (κ2) is 7.46. The van der Waals surface area contributed by atoms with Gasteiger partial charge < -0.3 is 9.15 Å². The maximum absolute atomic E-state index is 11.9. The van der Waals surface area contributed by atoms with Crippen LogP contribution in [0.4, 0.5) is 10.5 Å². The molecule has 1 fully saturated rings. The fourth-order valence-corrected chi connectivity index (χ4v) is 4.15. The van der Waals surface area contributed by atoms with Crippen molar-refractivity contribution in [2.24, 2.45) is 0 Å². The van der Waals surface area contributed by atoms with Gasteiger partial charge in [0.05, 0.1) is 18.1 Å². The number of hydrogen-bond donors (Lipinski definition) is 1. The van der Waals surface area contributed by atoms with Crippen LogP contribution in [0.2, 0.25) is 0 Å². The van der Waals surface area contributed by atoms with Gasteiger partial charge in [0.1, 0.15) is 5.58 Å². The maximum atomic E-state index is 11.9. The van der Waals surface area contributed by atoms with Gasteiger partial charge in [0.15, 0.2) is 9.84 Å². The molecule has 1 amide bonds. The average molecular weight is 380 g/mol. The first-order chi connectivity index (χ1) is 12.4. The molecule has 8 nitrogen and oxygen atoms in total. The number of nitrogens with zero attached hydrogens (tertiary/aromatic N) is 1. The number of fused-ring (bicyclic) bond motifs is 1. The van der Waals surface area contributed by atoms with Crippen molar-refractivity contribution in [3.8, 4) is 0 Å². The summed E-state index contributed by atoms with van der Waals surface area (Å²) < 4.78 is 33.2. The fraction of sp³-hybridized carbons (Fsp3) is 0.412. The van der Waals surface area contributed by atoms with Crippen LogP contribution >= 0.6 is 0 Å². The lowest BCUT2D eigenvalue weighted by Gasteiger charge is -2.26. The van der Waals surface area contributed by atoms with Gasteiger partial charge in [0.25, 0.3) is 0 Å². The van der Waals surface area contributed by atoms with E-state index in [9.17, 15) is 18.0 Å². The number of amides is 1. The molecule has 3 rings (SSSR count). The number of rotatable bonds is 4.